The summed E-state index contributed by atoms with van der Waals surface area (Å²) in [6.07, 6.45) is 0. The van der Waals surface area contributed by atoms with Crippen LogP contribution in [0.15, 0.2) is 22.7 Å². The molecule has 0 fully saturated rings. The highest BCUT2D eigenvalue weighted by molar-refractivity contribution is 9.10. The second kappa shape index (κ2) is 4.77. The number of halogens is 1. The van der Waals surface area contributed by atoms with Crippen LogP contribution in [0, 0.1) is 6.57 Å². The fraction of sp³-hybridized carbons (Fsp3) is 0.200. The Kier molecular flexibility index (Phi) is 3.66. The topological polar surface area (TPSA) is 30.7 Å². The van der Waals surface area contributed by atoms with Gasteiger partial charge in [0.2, 0.25) is 5.69 Å². The van der Waals surface area contributed by atoms with Crippen LogP contribution < -0.4 is 0 Å². The number of ether oxygens (including phenoxy) is 1. The van der Waals surface area contributed by atoms with Crippen molar-refractivity contribution in [3.63, 3.8) is 0 Å². The van der Waals surface area contributed by atoms with Gasteiger partial charge in [-0.25, -0.2) is 9.64 Å². The lowest BCUT2D eigenvalue weighted by molar-refractivity contribution is 0.0526. The van der Waals surface area contributed by atoms with Crippen LogP contribution in [-0.2, 0) is 4.74 Å². The molecule has 0 aromatic heterocycles. The average molecular weight is 254 g/mol. The van der Waals surface area contributed by atoms with E-state index >= 15 is 0 Å². The van der Waals surface area contributed by atoms with Gasteiger partial charge in [-0.15, -0.1) is 0 Å². The Balaban J connectivity index is 2.98. The zero-order valence-corrected chi connectivity index (χ0v) is 9.17. The molecule has 0 N–H and O–H groups in total. The molecule has 3 nitrogen and oxygen atoms in total. The SMILES string of the molecule is [C-]#[N+]c1ccc(C(=O)OCC)cc1Br. The van der Waals surface area contributed by atoms with Gasteiger partial charge in [0.05, 0.1) is 18.7 Å². The van der Waals surface area contributed by atoms with Gasteiger partial charge in [0, 0.05) is 4.47 Å². The van der Waals surface area contributed by atoms with E-state index in [0.29, 0.717) is 22.3 Å². The second-order valence-electron chi connectivity index (χ2n) is 2.50. The largest absolute Gasteiger partial charge is 0.462 e. The first kappa shape index (κ1) is 10.7. The number of nitrogens with zero attached hydrogens (tertiary/aromatic N) is 1. The van der Waals surface area contributed by atoms with Crippen LogP contribution in [0.1, 0.15) is 17.3 Å². The first-order valence-electron chi connectivity index (χ1n) is 4.03. The lowest BCUT2D eigenvalue weighted by Gasteiger charge is -2.02. The van der Waals surface area contributed by atoms with E-state index in [4.69, 9.17) is 11.3 Å². The summed E-state index contributed by atoms with van der Waals surface area (Å²) in [4.78, 5) is 14.5. The van der Waals surface area contributed by atoms with E-state index in [0.717, 1.165) is 0 Å². The number of carbonyl (C=O) groups excluding carboxylic acids is 1. The number of carbonyl (C=O) groups is 1. The average Bonchev–Trinajstić information content (AvgIpc) is 2.18. The Morgan fingerprint density at radius 3 is 2.86 bits per heavy atom. The molecule has 4 heteroatoms. The summed E-state index contributed by atoms with van der Waals surface area (Å²) in [7, 11) is 0. The minimum atomic E-state index is -0.371. The smallest absolute Gasteiger partial charge is 0.338 e. The third-order valence-electron chi connectivity index (χ3n) is 1.58. The van der Waals surface area contributed by atoms with E-state index in [1.165, 1.54) is 0 Å². The highest BCUT2D eigenvalue weighted by Crippen LogP contribution is 2.26. The van der Waals surface area contributed by atoms with Crippen molar-refractivity contribution in [3.8, 4) is 0 Å². The predicted molar refractivity (Wildman–Crippen MR) is 56.4 cm³/mol. The monoisotopic (exact) mass is 253 g/mol. The molecule has 0 saturated carbocycles. The van der Waals surface area contributed by atoms with E-state index in [1.807, 2.05) is 0 Å². The highest BCUT2D eigenvalue weighted by atomic mass is 79.9. The van der Waals surface area contributed by atoms with Crippen molar-refractivity contribution in [3.05, 3.63) is 39.7 Å². The normalized spacial score (nSPS) is 9.21. The maximum Gasteiger partial charge on any atom is 0.338 e. The van der Waals surface area contributed by atoms with Crippen LogP contribution >= 0.6 is 15.9 Å². The zero-order chi connectivity index (χ0) is 10.6. The molecule has 0 saturated heterocycles. The lowest BCUT2D eigenvalue weighted by Crippen LogP contribution is -2.03. The lowest BCUT2D eigenvalue weighted by atomic mass is 10.2. The maximum absolute atomic E-state index is 11.3. The maximum atomic E-state index is 11.3. The van der Waals surface area contributed by atoms with Gasteiger partial charge in [-0.05, 0) is 13.0 Å². The molecule has 0 radical (unpaired) electrons. The second-order valence-corrected chi connectivity index (χ2v) is 3.35. The fourth-order valence-corrected chi connectivity index (χ4v) is 1.41. The molecule has 14 heavy (non-hydrogen) atoms. The summed E-state index contributed by atoms with van der Waals surface area (Å²) >= 11 is 3.21. The number of benzene rings is 1. The Morgan fingerprint density at radius 1 is 1.64 bits per heavy atom. The molecule has 0 atom stereocenters. The molecule has 1 aromatic rings. The van der Waals surface area contributed by atoms with Crippen LogP contribution in [0.5, 0.6) is 0 Å². The van der Waals surface area contributed by atoms with Crippen LogP contribution in [0.2, 0.25) is 0 Å². The van der Waals surface area contributed by atoms with Crippen LogP contribution in [0.25, 0.3) is 4.85 Å². The van der Waals surface area contributed by atoms with E-state index < -0.39 is 0 Å². The van der Waals surface area contributed by atoms with E-state index in [-0.39, 0.29) is 5.97 Å². The molecule has 0 unspecified atom stereocenters. The van der Waals surface area contributed by atoms with Gasteiger partial charge < -0.3 is 4.74 Å². The molecule has 72 valence electrons. The minimum Gasteiger partial charge on any atom is -0.462 e. The molecule has 0 heterocycles. The summed E-state index contributed by atoms with van der Waals surface area (Å²) in [6.45, 7) is 8.92. The summed E-state index contributed by atoms with van der Waals surface area (Å²) in [5.41, 5.74) is 0.934. The molecule has 0 aliphatic carbocycles. The number of esters is 1. The number of hydrogen-bond acceptors (Lipinski definition) is 2. The van der Waals surface area contributed by atoms with Crippen molar-refractivity contribution < 1.29 is 9.53 Å². The third kappa shape index (κ3) is 2.33. The summed E-state index contributed by atoms with van der Waals surface area (Å²) in [5.74, 6) is -0.371. The summed E-state index contributed by atoms with van der Waals surface area (Å²) < 4.78 is 5.43. The van der Waals surface area contributed by atoms with Crippen LogP contribution in [0.4, 0.5) is 5.69 Å². The molecule has 0 bridgehead atoms. The number of rotatable bonds is 2. The molecule has 1 aromatic carbocycles. The van der Waals surface area contributed by atoms with Gasteiger partial charge in [0.25, 0.3) is 0 Å². The van der Waals surface area contributed by atoms with Gasteiger partial charge in [-0.1, -0.05) is 28.1 Å². The van der Waals surface area contributed by atoms with Crippen molar-refractivity contribution in [1.29, 1.82) is 0 Å². The quantitative estimate of drug-likeness (QED) is 0.599. The molecule has 0 spiro atoms. The van der Waals surface area contributed by atoms with Gasteiger partial charge >= 0.3 is 5.97 Å². The van der Waals surface area contributed by atoms with Crippen LogP contribution in [0.3, 0.4) is 0 Å². The van der Waals surface area contributed by atoms with Crippen molar-refractivity contribution in [2.45, 2.75) is 6.92 Å². The first-order chi connectivity index (χ1) is 6.69. The van der Waals surface area contributed by atoms with Gasteiger partial charge in [0.1, 0.15) is 0 Å². The van der Waals surface area contributed by atoms with Crippen molar-refractivity contribution in [2.75, 3.05) is 6.61 Å². The third-order valence-corrected chi connectivity index (χ3v) is 2.21. The number of hydrogen-bond donors (Lipinski definition) is 0. The predicted octanol–water partition coefficient (Wildman–Crippen LogP) is 3.18. The van der Waals surface area contributed by atoms with Gasteiger partial charge in [0.15, 0.2) is 0 Å². The zero-order valence-electron chi connectivity index (χ0n) is 7.58. The summed E-state index contributed by atoms with van der Waals surface area (Å²) in [6, 6.07) is 4.75. The Hall–Kier alpha value is -1.34. The molecular weight excluding hydrogens is 246 g/mol. The standard InChI is InChI=1S/C10H8BrNO2/c1-3-14-10(13)7-4-5-9(12-2)8(11)6-7/h4-6H,3H2,1H3. The van der Waals surface area contributed by atoms with Crippen molar-refractivity contribution in [1.82, 2.24) is 0 Å². The Bertz CT molecular complexity index is 396. The van der Waals surface area contributed by atoms with Gasteiger partial charge in [-0.2, -0.15) is 0 Å². The molecular formula is C10H8BrNO2. The van der Waals surface area contributed by atoms with Gasteiger partial charge in [-0.3, -0.25) is 0 Å². The van der Waals surface area contributed by atoms with E-state index in [9.17, 15) is 4.79 Å². The molecule has 0 aliphatic heterocycles. The highest BCUT2D eigenvalue weighted by Gasteiger charge is 2.08. The van der Waals surface area contributed by atoms with E-state index in [1.54, 1.807) is 25.1 Å². The van der Waals surface area contributed by atoms with E-state index in [2.05, 4.69) is 20.8 Å². The molecule has 0 amide bonds. The minimum absolute atomic E-state index is 0.348. The van der Waals surface area contributed by atoms with Crippen LogP contribution in [-0.4, -0.2) is 12.6 Å². The fourth-order valence-electron chi connectivity index (χ4n) is 0.939. The molecule has 1 rings (SSSR count). The Morgan fingerprint density at radius 2 is 2.36 bits per heavy atom. The Labute approximate surface area is 90.6 Å². The first-order valence-corrected chi connectivity index (χ1v) is 4.82. The summed E-state index contributed by atoms with van der Waals surface area (Å²) in [5, 5.41) is 0. The van der Waals surface area contributed by atoms with Crippen molar-refractivity contribution in [2.24, 2.45) is 0 Å². The van der Waals surface area contributed by atoms with Crippen molar-refractivity contribution >= 4 is 27.6 Å². The molecule has 0 aliphatic rings.